The Morgan fingerprint density at radius 1 is 0.727 bits per heavy atom. The van der Waals surface area contributed by atoms with Crippen LogP contribution in [0.25, 0.3) is 11.4 Å². The predicted molar refractivity (Wildman–Crippen MR) is 170 cm³/mol. The standard InChI is InChI=1S/2C8H6N4O2.C6H4INO2.C3H4N2.HI/c13-8(14)7-5-6(1-2-9-7)12-4-3-10-11-12;13-8(14)7-5-6(1-2-9-7)12-10-3-4-11-12;7-4-1-2-8-5(3-4)6(9)10;1-2-4-5-3-1;/h2*1-5H,(H,13,14);1-3H,(H,9,10);1-2H,3H2;1H. The molecular weight excluding hydrogens is 804 g/mol. The van der Waals surface area contributed by atoms with Crippen molar-refractivity contribution in [2.75, 3.05) is 6.54 Å². The van der Waals surface area contributed by atoms with Crippen molar-refractivity contribution < 1.29 is 29.7 Å². The summed E-state index contributed by atoms with van der Waals surface area (Å²) in [5.74, 6) is -3.12. The Morgan fingerprint density at radius 2 is 1.27 bits per heavy atom. The Labute approximate surface area is 278 Å². The van der Waals surface area contributed by atoms with E-state index in [0.717, 1.165) is 10.1 Å². The van der Waals surface area contributed by atoms with Crippen LogP contribution in [0, 0.1) is 3.57 Å². The molecule has 19 heteroatoms. The average Bonchev–Trinajstić information content (AvgIpc) is 3.84. The second-order valence-corrected chi connectivity index (χ2v) is 8.81. The Morgan fingerprint density at radius 3 is 1.70 bits per heavy atom. The molecule has 0 radical (unpaired) electrons. The zero-order chi connectivity index (χ0) is 31.0. The summed E-state index contributed by atoms with van der Waals surface area (Å²) in [6.07, 6.45) is 14.1. The molecule has 6 rings (SSSR count). The molecule has 0 saturated heterocycles. The van der Waals surface area contributed by atoms with Crippen molar-refractivity contribution in [1.82, 2.24) is 44.9 Å². The lowest BCUT2D eigenvalue weighted by Crippen LogP contribution is -2.04. The van der Waals surface area contributed by atoms with Crippen LogP contribution < -0.4 is 0 Å². The van der Waals surface area contributed by atoms with E-state index < -0.39 is 17.9 Å². The van der Waals surface area contributed by atoms with Gasteiger partial charge in [0.2, 0.25) is 0 Å². The second kappa shape index (κ2) is 18.5. The van der Waals surface area contributed by atoms with Crippen LogP contribution in [0.3, 0.4) is 0 Å². The van der Waals surface area contributed by atoms with Crippen molar-refractivity contribution in [3.63, 3.8) is 0 Å². The molecule has 5 aromatic heterocycles. The maximum absolute atomic E-state index is 10.6. The van der Waals surface area contributed by atoms with Crippen LogP contribution in [0.2, 0.25) is 0 Å². The van der Waals surface area contributed by atoms with Crippen molar-refractivity contribution in [3.8, 4) is 11.4 Å². The number of pyridine rings is 3. The zero-order valence-corrected chi connectivity index (χ0v) is 26.6. The van der Waals surface area contributed by atoms with E-state index in [4.69, 9.17) is 15.3 Å². The van der Waals surface area contributed by atoms with E-state index in [1.165, 1.54) is 64.9 Å². The Balaban J connectivity index is 0.000000213. The van der Waals surface area contributed by atoms with E-state index in [1.54, 1.807) is 30.6 Å². The van der Waals surface area contributed by atoms with Crippen LogP contribution in [0.1, 0.15) is 31.5 Å². The summed E-state index contributed by atoms with van der Waals surface area (Å²) < 4.78 is 2.35. The van der Waals surface area contributed by atoms with Gasteiger partial charge in [-0.25, -0.2) is 34.0 Å². The van der Waals surface area contributed by atoms with Gasteiger partial charge in [-0.05, 0) is 65.1 Å². The molecule has 0 unspecified atom stereocenters. The van der Waals surface area contributed by atoms with Crippen molar-refractivity contribution in [3.05, 3.63) is 113 Å². The van der Waals surface area contributed by atoms with Gasteiger partial charge in [0.1, 0.15) is 17.1 Å². The summed E-state index contributed by atoms with van der Waals surface area (Å²) in [5.41, 5.74) is 1.24. The lowest BCUT2D eigenvalue weighted by atomic mass is 10.3. The number of carbonyl (C=O) groups is 3. The molecule has 0 fully saturated rings. The summed E-state index contributed by atoms with van der Waals surface area (Å²) in [6.45, 7) is 0.778. The fraction of sp³-hybridized carbons (Fsp3) is 0.0400. The van der Waals surface area contributed by atoms with Crippen LogP contribution in [-0.2, 0) is 0 Å². The minimum Gasteiger partial charge on any atom is -0.477 e. The van der Waals surface area contributed by atoms with Gasteiger partial charge in [0.25, 0.3) is 0 Å². The van der Waals surface area contributed by atoms with Gasteiger partial charge >= 0.3 is 17.9 Å². The molecule has 0 aliphatic carbocycles. The molecule has 5 aromatic rings. The first-order valence-corrected chi connectivity index (χ1v) is 12.8. The van der Waals surface area contributed by atoms with Gasteiger partial charge in [-0.3, -0.25) is 0 Å². The third-order valence-electron chi connectivity index (χ3n) is 4.64. The average molecular weight is 825 g/mol. The van der Waals surface area contributed by atoms with Crippen molar-refractivity contribution >= 4 is 64.5 Å². The molecular formula is C25H21I2N11O6. The van der Waals surface area contributed by atoms with Gasteiger partial charge in [0.15, 0.2) is 0 Å². The zero-order valence-electron chi connectivity index (χ0n) is 22.1. The van der Waals surface area contributed by atoms with Gasteiger partial charge in [0, 0.05) is 28.4 Å². The van der Waals surface area contributed by atoms with E-state index in [-0.39, 0.29) is 41.1 Å². The first kappa shape index (κ1) is 35.1. The molecule has 0 bridgehead atoms. The number of rotatable bonds is 5. The molecule has 0 saturated carbocycles. The van der Waals surface area contributed by atoms with Crippen molar-refractivity contribution in [1.29, 1.82) is 0 Å². The number of aromatic carboxylic acids is 3. The van der Waals surface area contributed by atoms with Crippen LogP contribution in [-0.4, -0.2) is 84.7 Å². The highest BCUT2D eigenvalue weighted by molar-refractivity contribution is 14.1. The number of azo groups is 1. The smallest absolute Gasteiger partial charge is 0.354 e. The quantitative estimate of drug-likeness (QED) is 0.215. The molecule has 1 aliphatic heterocycles. The van der Waals surface area contributed by atoms with Crippen LogP contribution in [0.4, 0.5) is 0 Å². The molecule has 6 heterocycles. The molecule has 226 valence electrons. The number of hydrogen-bond donors (Lipinski definition) is 3. The molecule has 0 aromatic carbocycles. The molecule has 0 amide bonds. The van der Waals surface area contributed by atoms with Crippen LogP contribution >= 0.6 is 46.6 Å². The fourth-order valence-electron chi connectivity index (χ4n) is 2.79. The first-order valence-electron chi connectivity index (χ1n) is 11.7. The minimum atomic E-state index is -1.07. The third-order valence-corrected chi connectivity index (χ3v) is 5.31. The van der Waals surface area contributed by atoms with E-state index in [1.807, 2.05) is 28.7 Å². The highest BCUT2D eigenvalue weighted by atomic mass is 127. The van der Waals surface area contributed by atoms with Gasteiger partial charge in [0.05, 0.1) is 42.7 Å². The van der Waals surface area contributed by atoms with Gasteiger partial charge in [-0.15, -0.1) is 29.1 Å². The summed E-state index contributed by atoms with van der Waals surface area (Å²) >= 11 is 2.04. The van der Waals surface area contributed by atoms with Crippen molar-refractivity contribution in [2.24, 2.45) is 10.2 Å². The third kappa shape index (κ3) is 11.7. The van der Waals surface area contributed by atoms with E-state index in [0.29, 0.717) is 11.4 Å². The highest BCUT2D eigenvalue weighted by Crippen LogP contribution is 2.07. The minimum absolute atomic E-state index is 0. The maximum Gasteiger partial charge on any atom is 0.354 e. The number of aromatic nitrogens is 9. The van der Waals surface area contributed by atoms with E-state index in [9.17, 15) is 14.4 Å². The summed E-state index contributed by atoms with van der Waals surface area (Å²) in [4.78, 5) is 43.8. The van der Waals surface area contributed by atoms with Crippen LogP contribution in [0.15, 0.2) is 102 Å². The SMILES string of the molecule is C1=CN=NC1.I.O=C(O)c1cc(-n2ccnn2)ccn1.O=C(O)c1cc(-n2nccn2)ccn1.O=C(O)c1cc(I)ccn1. The number of nitrogens with zero attached hydrogens (tertiary/aromatic N) is 11. The summed E-state index contributed by atoms with van der Waals surface area (Å²) in [7, 11) is 0. The normalized spacial score (nSPS) is 10.5. The first-order chi connectivity index (χ1) is 20.7. The number of hydrogen-bond acceptors (Lipinski definition) is 12. The molecule has 1 aliphatic rings. The number of halogens is 2. The van der Waals surface area contributed by atoms with E-state index in [2.05, 4.69) is 45.7 Å². The molecule has 44 heavy (non-hydrogen) atoms. The highest BCUT2D eigenvalue weighted by Gasteiger charge is 2.07. The number of carboxylic acid groups (broad SMARTS) is 3. The fourth-order valence-corrected chi connectivity index (χ4v) is 3.25. The topological polar surface area (TPSA) is 237 Å². The Hall–Kier alpha value is -5.06. The maximum atomic E-state index is 10.6. The van der Waals surface area contributed by atoms with Gasteiger partial charge < -0.3 is 15.3 Å². The summed E-state index contributed by atoms with van der Waals surface area (Å²) in [6, 6.07) is 9.38. The monoisotopic (exact) mass is 825 g/mol. The Kier molecular flexibility index (Phi) is 14.8. The predicted octanol–water partition coefficient (Wildman–Crippen LogP) is 3.69. The van der Waals surface area contributed by atoms with E-state index >= 15 is 0 Å². The molecule has 0 spiro atoms. The van der Waals surface area contributed by atoms with Gasteiger partial charge in [-0.2, -0.15) is 25.2 Å². The molecule has 0 atom stereocenters. The van der Waals surface area contributed by atoms with Crippen LogP contribution in [0.5, 0.6) is 0 Å². The second-order valence-electron chi connectivity index (χ2n) is 7.56. The largest absolute Gasteiger partial charge is 0.477 e. The summed E-state index contributed by atoms with van der Waals surface area (Å²) in [5, 5.41) is 48.1. The molecule has 17 nitrogen and oxygen atoms in total. The van der Waals surface area contributed by atoms with Crippen molar-refractivity contribution in [2.45, 2.75) is 0 Å². The number of carboxylic acids is 3. The molecule has 3 N–H and O–H groups in total. The lowest BCUT2D eigenvalue weighted by Gasteiger charge is -1.99. The van der Waals surface area contributed by atoms with Gasteiger partial charge in [-0.1, -0.05) is 5.21 Å². The Bertz CT molecular complexity index is 1620. The lowest BCUT2D eigenvalue weighted by molar-refractivity contribution is 0.0679.